The summed E-state index contributed by atoms with van der Waals surface area (Å²) in [4.78, 5) is 18.7. The van der Waals surface area contributed by atoms with Crippen molar-refractivity contribution in [1.29, 1.82) is 0 Å². The molecule has 33 heavy (non-hydrogen) atoms. The molecule has 0 aliphatic carbocycles. The van der Waals surface area contributed by atoms with E-state index in [2.05, 4.69) is 24.3 Å². The first-order valence-corrected chi connectivity index (χ1v) is 12.4. The number of benzene rings is 1. The highest BCUT2D eigenvalue weighted by Crippen LogP contribution is 2.34. The summed E-state index contributed by atoms with van der Waals surface area (Å²) >= 11 is 1.74. The Morgan fingerprint density at radius 1 is 1.39 bits per heavy atom. The number of aliphatic hydroxyl groups excluding tert-OH is 1. The number of thiophene rings is 1. The lowest BCUT2D eigenvalue weighted by atomic mass is 10.00. The van der Waals surface area contributed by atoms with E-state index in [0.29, 0.717) is 19.7 Å². The van der Waals surface area contributed by atoms with Crippen molar-refractivity contribution in [1.82, 2.24) is 9.80 Å². The third-order valence-corrected chi connectivity index (χ3v) is 6.77. The van der Waals surface area contributed by atoms with E-state index in [-0.39, 0.29) is 31.7 Å². The van der Waals surface area contributed by atoms with Gasteiger partial charge < -0.3 is 19.5 Å². The second-order valence-corrected chi connectivity index (χ2v) is 9.34. The quantitative estimate of drug-likeness (QED) is 0.381. The lowest BCUT2D eigenvalue weighted by Crippen LogP contribution is -2.48. The maximum absolute atomic E-state index is 13.4. The van der Waals surface area contributed by atoms with Crippen LogP contribution < -0.4 is 4.74 Å². The van der Waals surface area contributed by atoms with Crippen LogP contribution in [0.25, 0.3) is 0 Å². The highest BCUT2D eigenvalue weighted by atomic mass is 32.1. The van der Waals surface area contributed by atoms with Crippen molar-refractivity contribution in [3.8, 4) is 18.1 Å². The molecule has 1 aliphatic rings. The summed E-state index contributed by atoms with van der Waals surface area (Å²) in [5.41, 5.74) is 2.25. The van der Waals surface area contributed by atoms with E-state index in [9.17, 15) is 9.90 Å². The summed E-state index contributed by atoms with van der Waals surface area (Å²) in [6.07, 6.45) is 6.25. The molecule has 0 saturated heterocycles. The van der Waals surface area contributed by atoms with Crippen LogP contribution in [0.5, 0.6) is 5.75 Å². The fourth-order valence-corrected chi connectivity index (χ4v) is 5.13. The molecule has 1 aromatic carbocycles. The Bertz CT molecular complexity index is 938. The number of nitrogens with zero attached hydrogens (tertiary/aromatic N) is 2. The van der Waals surface area contributed by atoms with Crippen LogP contribution in [-0.2, 0) is 16.0 Å². The molecule has 6 nitrogen and oxygen atoms in total. The summed E-state index contributed by atoms with van der Waals surface area (Å²) in [5.74, 6) is 3.29. The van der Waals surface area contributed by atoms with Gasteiger partial charge in [-0.05, 0) is 54.9 Å². The fourth-order valence-electron chi connectivity index (χ4n) is 4.20. The van der Waals surface area contributed by atoms with Crippen molar-refractivity contribution in [3.05, 3.63) is 51.7 Å². The van der Waals surface area contributed by atoms with Gasteiger partial charge >= 0.3 is 0 Å². The number of carbonyl (C=O) groups excluding carboxylic acids is 1. The second kappa shape index (κ2) is 12.8. The van der Waals surface area contributed by atoms with Gasteiger partial charge in [0.25, 0.3) is 0 Å². The smallest absolute Gasteiger partial charge is 0.237 e. The van der Waals surface area contributed by atoms with Gasteiger partial charge in [-0.3, -0.25) is 9.69 Å². The van der Waals surface area contributed by atoms with Gasteiger partial charge in [0.2, 0.25) is 5.91 Å². The van der Waals surface area contributed by atoms with Gasteiger partial charge in [-0.2, -0.15) is 0 Å². The van der Waals surface area contributed by atoms with Crippen molar-refractivity contribution in [2.75, 3.05) is 46.0 Å². The lowest BCUT2D eigenvalue weighted by molar-refractivity contribution is -0.136. The van der Waals surface area contributed by atoms with Crippen molar-refractivity contribution in [3.63, 3.8) is 0 Å². The zero-order valence-electron chi connectivity index (χ0n) is 19.5. The van der Waals surface area contributed by atoms with Crippen LogP contribution in [0, 0.1) is 19.3 Å². The monoisotopic (exact) mass is 470 g/mol. The molecule has 0 radical (unpaired) electrons. The Hall–Kier alpha value is -2.37. The third kappa shape index (κ3) is 7.05. The topological polar surface area (TPSA) is 62.2 Å². The molecule has 0 spiro atoms. The van der Waals surface area contributed by atoms with E-state index in [1.165, 1.54) is 10.4 Å². The summed E-state index contributed by atoms with van der Waals surface area (Å²) in [7, 11) is 0. The molecule has 1 amide bonds. The molecule has 0 bridgehead atoms. The SMILES string of the molecule is C#CCOC[C@H](O)CN(CCC)CC(=O)N1CCc2sccc2[C@@H]1COc1ccccc1C. The summed E-state index contributed by atoms with van der Waals surface area (Å²) in [6, 6.07) is 9.93. The molecule has 7 heteroatoms. The first-order valence-electron chi connectivity index (χ1n) is 11.5. The van der Waals surface area contributed by atoms with E-state index in [4.69, 9.17) is 15.9 Å². The Morgan fingerprint density at radius 2 is 2.21 bits per heavy atom. The van der Waals surface area contributed by atoms with Crippen molar-refractivity contribution < 1.29 is 19.4 Å². The number of aryl methyl sites for hydroxylation is 1. The first kappa shape index (κ1) is 25.3. The van der Waals surface area contributed by atoms with Gasteiger partial charge in [-0.15, -0.1) is 17.8 Å². The van der Waals surface area contributed by atoms with Crippen LogP contribution in [0.1, 0.15) is 35.4 Å². The van der Waals surface area contributed by atoms with E-state index in [1.54, 1.807) is 11.3 Å². The van der Waals surface area contributed by atoms with Crippen LogP contribution in [0.2, 0.25) is 0 Å². The second-order valence-electron chi connectivity index (χ2n) is 8.34. The fraction of sp³-hybridized carbons (Fsp3) is 0.500. The standard InChI is InChI=1S/C26H34N2O4S/c1-4-12-27(16-21(29)18-31-14-5-2)17-26(30)28-13-10-25-22(11-15-33-25)23(28)19-32-24-9-7-6-8-20(24)3/h2,6-9,11,15,21,23,29H,4,10,12-14,16-19H2,1,3H3/t21-,23+/m1/s1. The molecule has 1 N–H and O–H groups in total. The van der Waals surface area contributed by atoms with Crippen molar-refractivity contribution in [2.24, 2.45) is 0 Å². The normalized spacial score (nSPS) is 16.3. The van der Waals surface area contributed by atoms with Crippen molar-refractivity contribution >= 4 is 17.2 Å². The number of para-hydroxylation sites is 1. The van der Waals surface area contributed by atoms with Gasteiger partial charge in [0.05, 0.1) is 25.3 Å². The predicted octanol–water partition coefficient (Wildman–Crippen LogP) is 3.28. The summed E-state index contributed by atoms with van der Waals surface area (Å²) < 4.78 is 11.4. The molecular weight excluding hydrogens is 436 g/mol. The number of hydrogen-bond acceptors (Lipinski definition) is 6. The number of rotatable bonds is 12. The van der Waals surface area contributed by atoms with Crippen LogP contribution in [0.15, 0.2) is 35.7 Å². The van der Waals surface area contributed by atoms with Gasteiger partial charge in [0.15, 0.2) is 0 Å². The zero-order chi connectivity index (χ0) is 23.6. The Kier molecular flexibility index (Phi) is 9.76. The van der Waals surface area contributed by atoms with Crippen molar-refractivity contribution in [2.45, 2.75) is 38.8 Å². The highest BCUT2D eigenvalue weighted by molar-refractivity contribution is 7.10. The maximum atomic E-state index is 13.4. The number of aliphatic hydroxyl groups is 1. The van der Waals surface area contributed by atoms with E-state index < -0.39 is 6.10 Å². The zero-order valence-corrected chi connectivity index (χ0v) is 20.4. The Balaban J connectivity index is 1.68. The number of amides is 1. The molecule has 178 valence electrons. The molecule has 1 aromatic heterocycles. The minimum absolute atomic E-state index is 0.0513. The van der Waals surface area contributed by atoms with Gasteiger partial charge in [0.1, 0.15) is 19.0 Å². The molecule has 0 unspecified atom stereocenters. The first-order chi connectivity index (χ1) is 16.0. The minimum atomic E-state index is -0.692. The number of fused-ring (bicyclic) bond motifs is 1. The van der Waals surface area contributed by atoms with E-state index in [0.717, 1.165) is 30.7 Å². The van der Waals surface area contributed by atoms with E-state index in [1.807, 2.05) is 41.0 Å². The highest BCUT2D eigenvalue weighted by Gasteiger charge is 2.33. The molecule has 0 saturated carbocycles. The maximum Gasteiger partial charge on any atom is 0.237 e. The van der Waals surface area contributed by atoms with Crippen LogP contribution in [-0.4, -0.2) is 72.9 Å². The predicted molar refractivity (Wildman–Crippen MR) is 132 cm³/mol. The Morgan fingerprint density at radius 3 is 2.97 bits per heavy atom. The van der Waals surface area contributed by atoms with Crippen LogP contribution in [0.3, 0.4) is 0 Å². The molecule has 2 aromatic rings. The molecule has 2 atom stereocenters. The molecular formula is C26H34N2O4S. The minimum Gasteiger partial charge on any atom is -0.491 e. The average molecular weight is 471 g/mol. The lowest BCUT2D eigenvalue weighted by Gasteiger charge is -2.37. The molecule has 0 fully saturated rings. The largest absolute Gasteiger partial charge is 0.491 e. The summed E-state index contributed by atoms with van der Waals surface area (Å²) in [5, 5.41) is 12.4. The third-order valence-electron chi connectivity index (χ3n) is 5.77. The van der Waals surface area contributed by atoms with E-state index >= 15 is 0 Å². The van der Waals surface area contributed by atoms with Crippen LogP contribution >= 0.6 is 11.3 Å². The molecule has 3 rings (SSSR count). The van der Waals surface area contributed by atoms with Gasteiger partial charge in [0, 0.05) is 18.0 Å². The van der Waals surface area contributed by atoms with Gasteiger partial charge in [-0.1, -0.05) is 31.0 Å². The van der Waals surface area contributed by atoms with Crippen LogP contribution in [0.4, 0.5) is 0 Å². The Labute approximate surface area is 201 Å². The molecule has 2 heterocycles. The summed E-state index contributed by atoms with van der Waals surface area (Å²) in [6.45, 7) is 6.84. The molecule has 1 aliphatic heterocycles. The van der Waals surface area contributed by atoms with Gasteiger partial charge in [-0.25, -0.2) is 0 Å². The number of hydrogen-bond donors (Lipinski definition) is 1. The number of terminal acetylenes is 1. The average Bonchev–Trinajstić information content (AvgIpc) is 3.28. The number of ether oxygens (including phenoxy) is 2. The number of carbonyl (C=O) groups is 1.